The summed E-state index contributed by atoms with van der Waals surface area (Å²) in [5.41, 5.74) is 5.91. The number of hydrogen-bond donors (Lipinski definition) is 2. The number of anilines is 2. The highest BCUT2D eigenvalue weighted by molar-refractivity contribution is 6.06. The number of amides is 1. The Kier molecular flexibility index (Phi) is 3.61. The first-order valence-corrected chi connectivity index (χ1v) is 5.47. The summed E-state index contributed by atoms with van der Waals surface area (Å²) in [6, 6.07) is 7.20. The van der Waals surface area contributed by atoms with Crippen molar-refractivity contribution in [3.8, 4) is 5.75 Å². The second kappa shape index (κ2) is 5.34. The summed E-state index contributed by atoms with van der Waals surface area (Å²) in [6.45, 7) is 0. The molecule has 0 saturated heterocycles. The Balaban J connectivity index is 2.26. The van der Waals surface area contributed by atoms with Gasteiger partial charge in [0, 0.05) is 12.3 Å². The van der Waals surface area contributed by atoms with Gasteiger partial charge in [-0.05, 0) is 24.3 Å². The van der Waals surface area contributed by atoms with Crippen LogP contribution in [0, 0.1) is 5.82 Å². The number of rotatable bonds is 3. The van der Waals surface area contributed by atoms with Crippen LogP contribution in [0.15, 0.2) is 36.5 Å². The van der Waals surface area contributed by atoms with Gasteiger partial charge in [0.1, 0.15) is 11.6 Å². The van der Waals surface area contributed by atoms with Crippen molar-refractivity contribution in [2.75, 3.05) is 18.2 Å². The van der Waals surface area contributed by atoms with E-state index in [0.717, 1.165) is 0 Å². The molecule has 0 fully saturated rings. The molecule has 0 saturated carbocycles. The summed E-state index contributed by atoms with van der Waals surface area (Å²) in [5.74, 6) is -0.709. The number of hydrogen-bond acceptors (Lipinski definition) is 4. The van der Waals surface area contributed by atoms with Crippen LogP contribution in [0.1, 0.15) is 10.5 Å². The molecule has 1 amide bonds. The number of methoxy groups -OCH3 is 1. The molecule has 19 heavy (non-hydrogen) atoms. The molecule has 0 aliphatic rings. The van der Waals surface area contributed by atoms with Crippen LogP contribution in [0.2, 0.25) is 0 Å². The van der Waals surface area contributed by atoms with Crippen LogP contribution in [-0.2, 0) is 0 Å². The first-order valence-electron chi connectivity index (χ1n) is 5.47. The number of nitrogens with one attached hydrogen (secondary N) is 1. The molecular weight excluding hydrogens is 249 g/mol. The predicted octanol–water partition coefficient (Wildman–Crippen LogP) is 2.06. The summed E-state index contributed by atoms with van der Waals surface area (Å²) in [5, 5.41) is 2.41. The Hall–Kier alpha value is -2.63. The molecule has 0 atom stereocenters. The number of carbonyl (C=O) groups is 1. The topological polar surface area (TPSA) is 77.2 Å². The van der Waals surface area contributed by atoms with Crippen LogP contribution in [0.5, 0.6) is 5.75 Å². The van der Waals surface area contributed by atoms with Crippen molar-refractivity contribution in [1.29, 1.82) is 0 Å². The molecule has 5 nitrogen and oxygen atoms in total. The SMILES string of the molecule is COc1ccc(F)c(NC(=O)c2ncccc2N)c1. The number of nitrogens with two attached hydrogens (primary N) is 1. The Morgan fingerprint density at radius 1 is 1.42 bits per heavy atom. The lowest BCUT2D eigenvalue weighted by atomic mass is 10.2. The van der Waals surface area contributed by atoms with Crippen molar-refractivity contribution in [3.05, 3.63) is 48.0 Å². The molecule has 1 heterocycles. The minimum absolute atomic E-state index is 0.00871. The first kappa shape index (κ1) is 12.8. The molecule has 0 unspecified atom stereocenters. The van der Waals surface area contributed by atoms with Gasteiger partial charge in [0.15, 0.2) is 5.69 Å². The first-order chi connectivity index (χ1) is 9.11. The lowest BCUT2D eigenvalue weighted by Crippen LogP contribution is -2.16. The van der Waals surface area contributed by atoms with Crippen LogP contribution >= 0.6 is 0 Å². The Labute approximate surface area is 109 Å². The molecule has 0 spiro atoms. The lowest BCUT2D eigenvalue weighted by molar-refractivity contribution is 0.102. The van der Waals surface area contributed by atoms with E-state index in [0.29, 0.717) is 5.75 Å². The number of carbonyl (C=O) groups excluding carboxylic acids is 1. The molecule has 0 radical (unpaired) electrons. The number of aromatic nitrogens is 1. The number of ether oxygens (including phenoxy) is 1. The molecule has 98 valence electrons. The fourth-order valence-corrected chi connectivity index (χ4v) is 1.52. The summed E-state index contributed by atoms with van der Waals surface area (Å²) in [4.78, 5) is 15.8. The van der Waals surface area contributed by atoms with E-state index < -0.39 is 11.7 Å². The molecule has 2 rings (SSSR count). The number of benzene rings is 1. The van der Waals surface area contributed by atoms with Crippen molar-refractivity contribution in [3.63, 3.8) is 0 Å². The van der Waals surface area contributed by atoms with Crippen LogP contribution in [-0.4, -0.2) is 18.0 Å². The number of nitrogens with zero attached hydrogens (tertiary/aromatic N) is 1. The molecule has 1 aromatic carbocycles. The molecule has 0 aliphatic heterocycles. The molecule has 0 bridgehead atoms. The van der Waals surface area contributed by atoms with E-state index in [-0.39, 0.29) is 17.1 Å². The van der Waals surface area contributed by atoms with Gasteiger partial charge < -0.3 is 15.8 Å². The Morgan fingerprint density at radius 2 is 2.21 bits per heavy atom. The van der Waals surface area contributed by atoms with Gasteiger partial charge in [0.25, 0.3) is 5.91 Å². The number of halogens is 1. The van der Waals surface area contributed by atoms with Gasteiger partial charge in [-0.15, -0.1) is 0 Å². The highest BCUT2D eigenvalue weighted by atomic mass is 19.1. The van der Waals surface area contributed by atoms with Gasteiger partial charge in [0.2, 0.25) is 0 Å². The van der Waals surface area contributed by atoms with Crippen LogP contribution in [0.3, 0.4) is 0 Å². The highest BCUT2D eigenvalue weighted by Gasteiger charge is 2.13. The Morgan fingerprint density at radius 3 is 2.89 bits per heavy atom. The van der Waals surface area contributed by atoms with Gasteiger partial charge in [-0.1, -0.05) is 0 Å². The van der Waals surface area contributed by atoms with E-state index >= 15 is 0 Å². The zero-order valence-corrected chi connectivity index (χ0v) is 10.2. The number of pyridine rings is 1. The normalized spacial score (nSPS) is 10.0. The highest BCUT2D eigenvalue weighted by Crippen LogP contribution is 2.22. The molecular formula is C13H12FN3O2. The lowest BCUT2D eigenvalue weighted by Gasteiger charge is -2.08. The molecule has 3 N–H and O–H groups in total. The third-order valence-electron chi connectivity index (χ3n) is 2.48. The second-order valence-corrected chi connectivity index (χ2v) is 3.74. The van der Waals surface area contributed by atoms with E-state index in [1.807, 2.05) is 0 Å². The molecule has 1 aromatic heterocycles. The van der Waals surface area contributed by atoms with Crippen molar-refractivity contribution in [2.45, 2.75) is 0 Å². The smallest absolute Gasteiger partial charge is 0.276 e. The minimum atomic E-state index is -0.578. The van der Waals surface area contributed by atoms with Crippen molar-refractivity contribution < 1.29 is 13.9 Å². The molecule has 0 aliphatic carbocycles. The summed E-state index contributed by atoms with van der Waals surface area (Å²) in [6.07, 6.45) is 1.44. The molecule has 2 aromatic rings. The van der Waals surface area contributed by atoms with Crippen LogP contribution in [0.25, 0.3) is 0 Å². The quantitative estimate of drug-likeness (QED) is 0.886. The summed E-state index contributed by atoms with van der Waals surface area (Å²) >= 11 is 0. The van der Waals surface area contributed by atoms with Gasteiger partial charge >= 0.3 is 0 Å². The van der Waals surface area contributed by atoms with Gasteiger partial charge in [-0.2, -0.15) is 0 Å². The standard InChI is InChI=1S/C13H12FN3O2/c1-19-8-4-5-9(14)11(7-8)17-13(18)12-10(15)3-2-6-16-12/h2-7H,15H2,1H3,(H,17,18). The van der Waals surface area contributed by atoms with E-state index in [4.69, 9.17) is 10.5 Å². The van der Waals surface area contributed by atoms with E-state index in [2.05, 4.69) is 10.3 Å². The fraction of sp³-hybridized carbons (Fsp3) is 0.0769. The van der Waals surface area contributed by atoms with Crippen LogP contribution in [0.4, 0.5) is 15.8 Å². The third kappa shape index (κ3) is 2.79. The molecule has 6 heteroatoms. The van der Waals surface area contributed by atoms with Crippen LogP contribution < -0.4 is 15.8 Å². The van der Waals surface area contributed by atoms with E-state index in [1.54, 1.807) is 12.1 Å². The zero-order chi connectivity index (χ0) is 13.8. The zero-order valence-electron chi connectivity index (χ0n) is 10.2. The summed E-state index contributed by atoms with van der Waals surface area (Å²) < 4.78 is 18.5. The van der Waals surface area contributed by atoms with E-state index in [9.17, 15) is 9.18 Å². The maximum atomic E-state index is 13.6. The maximum Gasteiger partial charge on any atom is 0.276 e. The van der Waals surface area contributed by atoms with E-state index in [1.165, 1.54) is 31.5 Å². The fourth-order valence-electron chi connectivity index (χ4n) is 1.52. The number of nitrogen functional groups attached to an aromatic ring is 1. The van der Waals surface area contributed by atoms with Gasteiger partial charge in [-0.25, -0.2) is 9.37 Å². The third-order valence-corrected chi connectivity index (χ3v) is 2.48. The minimum Gasteiger partial charge on any atom is -0.497 e. The predicted molar refractivity (Wildman–Crippen MR) is 69.6 cm³/mol. The Bertz CT molecular complexity index is 617. The van der Waals surface area contributed by atoms with Crippen molar-refractivity contribution in [1.82, 2.24) is 4.98 Å². The average Bonchev–Trinajstić information content (AvgIpc) is 2.41. The second-order valence-electron chi connectivity index (χ2n) is 3.74. The van der Waals surface area contributed by atoms with Gasteiger partial charge in [0.05, 0.1) is 18.5 Å². The average molecular weight is 261 g/mol. The summed E-state index contributed by atoms with van der Waals surface area (Å²) in [7, 11) is 1.45. The largest absolute Gasteiger partial charge is 0.497 e. The van der Waals surface area contributed by atoms with Crippen molar-refractivity contribution >= 4 is 17.3 Å². The monoisotopic (exact) mass is 261 g/mol. The maximum absolute atomic E-state index is 13.6. The van der Waals surface area contributed by atoms with Gasteiger partial charge in [-0.3, -0.25) is 4.79 Å². The van der Waals surface area contributed by atoms with Crippen molar-refractivity contribution in [2.24, 2.45) is 0 Å².